The van der Waals surface area contributed by atoms with E-state index < -0.39 is 56.5 Å². The summed E-state index contributed by atoms with van der Waals surface area (Å²) in [5.74, 6) is -5.88. The first-order chi connectivity index (χ1) is 13.4. The third-order valence-electron chi connectivity index (χ3n) is 3.23. The molecule has 0 saturated heterocycles. The van der Waals surface area contributed by atoms with Crippen LogP contribution in [0, 0.1) is 11.6 Å². The molecule has 1 heterocycles. The van der Waals surface area contributed by atoms with Gasteiger partial charge in [-0.2, -0.15) is 8.42 Å². The lowest BCUT2D eigenvalue weighted by molar-refractivity contribution is -0.123. The molecular weight excluding hydrogens is 368 g/mol. The van der Waals surface area contributed by atoms with Crippen molar-refractivity contribution < 1.29 is 35.0 Å². The van der Waals surface area contributed by atoms with Gasteiger partial charge >= 0.3 is 10.1 Å². The van der Waals surface area contributed by atoms with Gasteiger partial charge in [-0.1, -0.05) is 30.3 Å². The number of halogens is 2. The Morgan fingerprint density at radius 1 is 1.23 bits per heavy atom. The van der Waals surface area contributed by atoms with Crippen molar-refractivity contribution in [1.82, 2.24) is 0 Å². The lowest BCUT2D eigenvalue weighted by Crippen LogP contribution is -2.17. The summed E-state index contributed by atoms with van der Waals surface area (Å²) < 4.78 is 85.7. The fourth-order valence-corrected chi connectivity index (χ4v) is 2.97. The standard InChI is InChI=1S/C17H13F2NO5S/c18-11-6-7-13(19)12(8-11)15-14(21)16(17(20)24-15)25-26(22,23)9-10-4-2-1-3-5-10/h1-8,15H,9,20H2/t15-/m0/s1/i9D2,15D. The van der Waals surface area contributed by atoms with E-state index in [2.05, 4.69) is 4.18 Å². The Hall–Kier alpha value is -2.94. The Balaban J connectivity index is 1.97. The normalized spacial score (nSPS) is 22.4. The van der Waals surface area contributed by atoms with Gasteiger partial charge in [-0.25, -0.2) is 8.78 Å². The fourth-order valence-electron chi connectivity index (χ4n) is 2.13. The van der Waals surface area contributed by atoms with Crippen LogP contribution in [0.15, 0.2) is 60.2 Å². The number of carbonyl (C=O) groups is 1. The molecule has 26 heavy (non-hydrogen) atoms. The molecule has 0 saturated carbocycles. The van der Waals surface area contributed by atoms with Crippen molar-refractivity contribution in [2.24, 2.45) is 5.73 Å². The van der Waals surface area contributed by atoms with Crippen LogP contribution in [0.4, 0.5) is 8.78 Å². The molecule has 0 fully saturated rings. The number of hydrogen-bond donors (Lipinski definition) is 1. The van der Waals surface area contributed by atoms with Crippen molar-refractivity contribution in [2.75, 3.05) is 0 Å². The predicted molar refractivity (Wildman–Crippen MR) is 86.6 cm³/mol. The van der Waals surface area contributed by atoms with Gasteiger partial charge < -0.3 is 14.7 Å². The first-order valence-corrected chi connectivity index (χ1v) is 8.49. The number of nitrogens with two attached hydrogens (primary N) is 1. The Bertz CT molecular complexity index is 1130. The third kappa shape index (κ3) is 3.67. The van der Waals surface area contributed by atoms with E-state index in [1.807, 2.05) is 0 Å². The number of ketones is 1. The lowest BCUT2D eigenvalue weighted by Gasteiger charge is -2.11. The number of ether oxygens (including phenoxy) is 1. The van der Waals surface area contributed by atoms with E-state index in [9.17, 15) is 22.0 Å². The summed E-state index contributed by atoms with van der Waals surface area (Å²) in [5, 5.41) is 0. The zero-order valence-electron chi connectivity index (χ0n) is 15.9. The molecule has 0 bridgehead atoms. The third-order valence-corrected chi connectivity index (χ3v) is 4.10. The molecular formula is C17H13F2NO5S. The Kier molecular flexibility index (Phi) is 3.70. The van der Waals surface area contributed by atoms with E-state index in [0.29, 0.717) is 12.1 Å². The molecule has 0 aliphatic carbocycles. The van der Waals surface area contributed by atoms with Crippen molar-refractivity contribution in [3.63, 3.8) is 0 Å². The van der Waals surface area contributed by atoms with Crippen molar-refractivity contribution in [3.8, 4) is 0 Å². The second-order valence-electron chi connectivity index (χ2n) is 5.08. The van der Waals surface area contributed by atoms with Gasteiger partial charge in [0.2, 0.25) is 17.4 Å². The summed E-state index contributed by atoms with van der Waals surface area (Å²) in [4.78, 5) is 12.6. The number of rotatable bonds is 5. The molecule has 2 N–H and O–H groups in total. The Morgan fingerprint density at radius 2 is 1.92 bits per heavy atom. The van der Waals surface area contributed by atoms with Gasteiger partial charge in [0.1, 0.15) is 17.3 Å². The second kappa shape index (κ2) is 6.75. The van der Waals surface area contributed by atoms with Crippen molar-refractivity contribution in [3.05, 3.63) is 82.9 Å². The molecule has 0 amide bonds. The van der Waals surface area contributed by atoms with Gasteiger partial charge in [-0.05, 0) is 23.8 Å². The van der Waals surface area contributed by atoms with Crippen LogP contribution in [-0.2, 0) is 29.5 Å². The second-order valence-corrected chi connectivity index (χ2v) is 6.36. The maximum Gasteiger partial charge on any atom is 0.313 e. The summed E-state index contributed by atoms with van der Waals surface area (Å²) >= 11 is 0. The van der Waals surface area contributed by atoms with E-state index in [4.69, 9.17) is 14.6 Å². The summed E-state index contributed by atoms with van der Waals surface area (Å²) in [7, 11) is -5.17. The number of hydrogen-bond acceptors (Lipinski definition) is 6. The van der Waals surface area contributed by atoms with E-state index in [0.717, 1.165) is 6.07 Å². The molecule has 0 aromatic heterocycles. The van der Waals surface area contributed by atoms with Crippen LogP contribution in [-0.4, -0.2) is 14.2 Å². The maximum atomic E-state index is 14.0. The predicted octanol–water partition coefficient (Wildman–Crippen LogP) is 2.28. The molecule has 2 aromatic carbocycles. The maximum absolute atomic E-state index is 14.0. The van der Waals surface area contributed by atoms with Crippen molar-refractivity contribution in [2.45, 2.75) is 11.8 Å². The molecule has 0 radical (unpaired) electrons. The minimum absolute atomic E-state index is 0.293. The van der Waals surface area contributed by atoms with Crippen LogP contribution in [0.2, 0.25) is 0 Å². The van der Waals surface area contributed by atoms with E-state index in [1.165, 1.54) is 30.3 Å². The van der Waals surface area contributed by atoms with Crippen LogP contribution in [0.25, 0.3) is 0 Å². The zero-order chi connectivity index (χ0) is 21.6. The highest BCUT2D eigenvalue weighted by atomic mass is 32.2. The van der Waals surface area contributed by atoms with Gasteiger partial charge in [0.05, 0.1) is 4.11 Å². The molecule has 136 valence electrons. The van der Waals surface area contributed by atoms with Crippen LogP contribution < -0.4 is 5.73 Å². The quantitative estimate of drug-likeness (QED) is 0.795. The van der Waals surface area contributed by atoms with Crippen LogP contribution in [0.5, 0.6) is 0 Å². The minimum Gasteiger partial charge on any atom is -0.460 e. The fraction of sp³-hybridized carbons (Fsp3) is 0.118. The van der Waals surface area contributed by atoms with Crippen molar-refractivity contribution >= 4 is 15.9 Å². The highest BCUT2D eigenvalue weighted by Gasteiger charge is 2.40. The zero-order valence-corrected chi connectivity index (χ0v) is 13.7. The molecule has 0 spiro atoms. The Morgan fingerprint density at radius 3 is 2.62 bits per heavy atom. The first kappa shape index (κ1) is 14.3. The lowest BCUT2D eigenvalue weighted by atomic mass is 10.1. The summed E-state index contributed by atoms with van der Waals surface area (Å²) in [6.07, 6.45) is -2.94. The summed E-state index contributed by atoms with van der Waals surface area (Å²) in [6, 6.07) is 8.60. The molecule has 1 atom stereocenters. The monoisotopic (exact) mass is 384 g/mol. The average Bonchev–Trinajstić information content (AvgIpc) is 2.88. The van der Waals surface area contributed by atoms with Crippen LogP contribution in [0.1, 0.15) is 21.3 Å². The topological polar surface area (TPSA) is 95.7 Å². The summed E-state index contributed by atoms with van der Waals surface area (Å²) in [5.41, 5.74) is 1.20. The van der Waals surface area contributed by atoms with Gasteiger partial charge in [0.15, 0.2) is 6.08 Å². The largest absolute Gasteiger partial charge is 0.460 e. The molecule has 9 heteroatoms. The highest BCUT2D eigenvalue weighted by molar-refractivity contribution is 7.86. The molecule has 0 unspecified atom stereocenters. The highest BCUT2D eigenvalue weighted by Crippen LogP contribution is 2.34. The minimum atomic E-state index is -5.17. The molecule has 1 aliphatic rings. The van der Waals surface area contributed by atoms with Crippen LogP contribution in [0.3, 0.4) is 0 Å². The smallest absolute Gasteiger partial charge is 0.313 e. The van der Waals surface area contributed by atoms with E-state index >= 15 is 0 Å². The van der Waals surface area contributed by atoms with Crippen molar-refractivity contribution in [1.29, 1.82) is 0 Å². The van der Waals surface area contributed by atoms with Crippen LogP contribution >= 0.6 is 0 Å². The number of Topliss-reactive ketones (excluding diaryl/α,β-unsaturated/α-hetero) is 1. The SMILES string of the molecule is [2H]C([2H])(c1ccccc1)S(=O)(=O)OC1=C(N)O[C@@]([2H])(c2cc(F)ccc2F)C1=O. The number of carbonyl (C=O) groups excluding carboxylic acids is 1. The summed E-state index contributed by atoms with van der Waals surface area (Å²) in [6.45, 7) is 0. The molecule has 3 rings (SSSR count). The average molecular weight is 384 g/mol. The Labute approximate surface area is 152 Å². The van der Waals surface area contributed by atoms with Gasteiger partial charge in [-0.3, -0.25) is 4.79 Å². The van der Waals surface area contributed by atoms with Gasteiger partial charge in [0.25, 0.3) is 0 Å². The van der Waals surface area contributed by atoms with E-state index in [-0.39, 0.29) is 5.56 Å². The molecule has 6 nitrogen and oxygen atoms in total. The molecule has 1 aliphatic heterocycles. The first-order valence-electron chi connectivity index (χ1n) is 8.59. The molecule has 2 aromatic rings. The van der Waals surface area contributed by atoms with Gasteiger partial charge in [-0.15, -0.1) is 0 Å². The number of benzene rings is 2. The van der Waals surface area contributed by atoms with E-state index in [1.54, 1.807) is 0 Å². The van der Waals surface area contributed by atoms with Gasteiger partial charge in [0, 0.05) is 5.56 Å².